The van der Waals surface area contributed by atoms with Crippen molar-refractivity contribution in [3.05, 3.63) is 36.7 Å². The predicted molar refractivity (Wildman–Crippen MR) is 100.0 cm³/mol. The quantitative estimate of drug-likeness (QED) is 0.746. The van der Waals surface area contributed by atoms with E-state index in [0.29, 0.717) is 32.5 Å². The number of ether oxygens (including phenoxy) is 2. The molecule has 26 heavy (non-hydrogen) atoms. The molecule has 1 aliphatic heterocycles. The van der Waals surface area contributed by atoms with Gasteiger partial charge in [0.1, 0.15) is 5.75 Å². The minimum atomic E-state index is 0.109. The molecule has 2 heterocycles. The van der Waals surface area contributed by atoms with E-state index in [1.54, 1.807) is 4.68 Å². The van der Waals surface area contributed by atoms with Gasteiger partial charge >= 0.3 is 0 Å². The van der Waals surface area contributed by atoms with Crippen LogP contribution in [0.2, 0.25) is 0 Å². The summed E-state index contributed by atoms with van der Waals surface area (Å²) in [4.78, 5) is 14.2. The van der Waals surface area contributed by atoms with Crippen LogP contribution in [0.4, 0.5) is 0 Å². The van der Waals surface area contributed by atoms with E-state index in [1.807, 2.05) is 62.5 Å². The summed E-state index contributed by atoms with van der Waals surface area (Å²) in [5.41, 5.74) is 2.19. The molecule has 1 aromatic heterocycles. The number of nitrogens with zero attached hydrogens (tertiary/aromatic N) is 3. The average Bonchev–Trinajstić information content (AvgIpc) is 3.04. The predicted octanol–water partition coefficient (Wildman–Crippen LogP) is 2.88. The number of benzene rings is 1. The van der Waals surface area contributed by atoms with Gasteiger partial charge in [-0.05, 0) is 38.0 Å². The van der Waals surface area contributed by atoms with Crippen molar-refractivity contribution in [3.63, 3.8) is 0 Å². The Labute approximate surface area is 154 Å². The van der Waals surface area contributed by atoms with Crippen LogP contribution < -0.4 is 4.74 Å². The van der Waals surface area contributed by atoms with Gasteiger partial charge in [-0.2, -0.15) is 5.10 Å². The number of rotatable bonds is 6. The van der Waals surface area contributed by atoms with Crippen LogP contribution in [-0.4, -0.2) is 52.5 Å². The number of aromatic nitrogens is 2. The van der Waals surface area contributed by atoms with Crippen LogP contribution in [0.15, 0.2) is 36.7 Å². The maximum Gasteiger partial charge on any atom is 0.222 e. The lowest BCUT2D eigenvalue weighted by atomic mass is 10.1. The molecule has 140 valence electrons. The molecule has 0 unspecified atom stereocenters. The molecular weight excluding hydrogens is 330 g/mol. The second-order valence-corrected chi connectivity index (χ2v) is 6.94. The molecule has 2 atom stereocenters. The van der Waals surface area contributed by atoms with Gasteiger partial charge < -0.3 is 14.4 Å². The molecule has 6 nitrogen and oxygen atoms in total. The molecule has 0 spiro atoms. The van der Waals surface area contributed by atoms with Crippen LogP contribution in [-0.2, 0) is 16.6 Å². The van der Waals surface area contributed by atoms with Gasteiger partial charge in [0.25, 0.3) is 0 Å². The van der Waals surface area contributed by atoms with Gasteiger partial charge in [0.15, 0.2) is 0 Å². The molecular formula is C20H27N3O3. The van der Waals surface area contributed by atoms with E-state index in [1.165, 1.54) is 0 Å². The van der Waals surface area contributed by atoms with Crippen LogP contribution in [0.1, 0.15) is 26.7 Å². The zero-order chi connectivity index (χ0) is 18.5. The summed E-state index contributed by atoms with van der Waals surface area (Å²) >= 11 is 0. The second-order valence-electron chi connectivity index (χ2n) is 6.94. The molecule has 0 radical (unpaired) electrons. The smallest absolute Gasteiger partial charge is 0.222 e. The Morgan fingerprint density at radius 2 is 1.88 bits per heavy atom. The van der Waals surface area contributed by atoms with Gasteiger partial charge in [-0.1, -0.05) is 12.1 Å². The van der Waals surface area contributed by atoms with E-state index in [4.69, 9.17) is 9.47 Å². The van der Waals surface area contributed by atoms with Gasteiger partial charge in [0.05, 0.1) is 25.0 Å². The highest BCUT2D eigenvalue weighted by Crippen LogP contribution is 2.22. The number of carbonyl (C=O) groups excluding carboxylic acids is 1. The van der Waals surface area contributed by atoms with Crippen molar-refractivity contribution in [2.75, 3.05) is 19.7 Å². The summed E-state index contributed by atoms with van der Waals surface area (Å²) in [5, 5.41) is 4.18. The zero-order valence-corrected chi connectivity index (χ0v) is 15.7. The Morgan fingerprint density at radius 3 is 2.50 bits per heavy atom. The summed E-state index contributed by atoms with van der Waals surface area (Å²) in [5.74, 6) is 1.00. The fourth-order valence-electron chi connectivity index (χ4n) is 3.27. The Hall–Kier alpha value is -2.34. The van der Waals surface area contributed by atoms with Crippen molar-refractivity contribution >= 4 is 5.91 Å². The monoisotopic (exact) mass is 357 g/mol. The summed E-state index contributed by atoms with van der Waals surface area (Å²) in [6.45, 7) is 5.91. The van der Waals surface area contributed by atoms with Crippen molar-refractivity contribution < 1.29 is 14.3 Å². The molecule has 1 fully saturated rings. The molecule has 1 aromatic carbocycles. The SMILES string of the molecule is C[C@@H]1CN(C(=O)CCCOc2ccc(-c3cnn(C)c3)cc2)C[C@H](C)O1. The maximum absolute atomic E-state index is 12.3. The van der Waals surface area contributed by atoms with Crippen LogP contribution in [0.5, 0.6) is 5.75 Å². The number of carbonyl (C=O) groups is 1. The van der Waals surface area contributed by atoms with Gasteiger partial charge in [-0.15, -0.1) is 0 Å². The number of hydrogen-bond acceptors (Lipinski definition) is 4. The minimum Gasteiger partial charge on any atom is -0.494 e. The first-order valence-electron chi connectivity index (χ1n) is 9.16. The number of aryl methyl sites for hydroxylation is 1. The normalized spacial score (nSPS) is 20.2. The van der Waals surface area contributed by atoms with E-state index < -0.39 is 0 Å². The van der Waals surface area contributed by atoms with E-state index in [-0.39, 0.29) is 18.1 Å². The molecule has 1 amide bonds. The lowest BCUT2D eigenvalue weighted by Gasteiger charge is -2.35. The molecule has 3 rings (SSSR count). The van der Waals surface area contributed by atoms with E-state index in [9.17, 15) is 4.79 Å². The van der Waals surface area contributed by atoms with Gasteiger partial charge in [0.2, 0.25) is 5.91 Å². The second kappa shape index (κ2) is 8.36. The first kappa shape index (κ1) is 18.5. The van der Waals surface area contributed by atoms with Crippen LogP contribution in [0, 0.1) is 0 Å². The minimum absolute atomic E-state index is 0.109. The first-order chi connectivity index (χ1) is 12.5. The molecule has 6 heteroatoms. The van der Waals surface area contributed by atoms with Crippen molar-refractivity contribution in [1.82, 2.24) is 14.7 Å². The van der Waals surface area contributed by atoms with Crippen molar-refractivity contribution in [3.8, 4) is 16.9 Å². The van der Waals surface area contributed by atoms with E-state index in [2.05, 4.69) is 5.10 Å². The van der Waals surface area contributed by atoms with Crippen LogP contribution >= 0.6 is 0 Å². The fourth-order valence-corrected chi connectivity index (χ4v) is 3.27. The largest absolute Gasteiger partial charge is 0.494 e. The molecule has 0 saturated carbocycles. The lowest BCUT2D eigenvalue weighted by Crippen LogP contribution is -2.48. The van der Waals surface area contributed by atoms with Gasteiger partial charge in [0, 0.05) is 38.3 Å². The third-order valence-corrected chi connectivity index (χ3v) is 4.47. The Morgan fingerprint density at radius 1 is 1.19 bits per heavy atom. The third-order valence-electron chi connectivity index (χ3n) is 4.47. The molecule has 0 N–H and O–H groups in total. The Balaban J connectivity index is 1.41. The van der Waals surface area contributed by atoms with Crippen LogP contribution in [0.25, 0.3) is 11.1 Å². The Bertz CT molecular complexity index is 716. The third kappa shape index (κ3) is 4.85. The summed E-state index contributed by atoms with van der Waals surface area (Å²) in [7, 11) is 1.90. The van der Waals surface area contributed by atoms with Crippen molar-refractivity contribution in [1.29, 1.82) is 0 Å². The maximum atomic E-state index is 12.3. The van der Waals surface area contributed by atoms with Crippen LogP contribution in [0.3, 0.4) is 0 Å². The number of morpholine rings is 1. The highest BCUT2D eigenvalue weighted by atomic mass is 16.5. The zero-order valence-electron chi connectivity index (χ0n) is 15.7. The van der Waals surface area contributed by atoms with E-state index >= 15 is 0 Å². The molecule has 0 bridgehead atoms. The lowest BCUT2D eigenvalue weighted by molar-refractivity contribution is -0.143. The first-order valence-corrected chi connectivity index (χ1v) is 9.16. The van der Waals surface area contributed by atoms with E-state index in [0.717, 1.165) is 16.9 Å². The highest BCUT2D eigenvalue weighted by molar-refractivity contribution is 5.76. The molecule has 1 saturated heterocycles. The molecule has 2 aromatic rings. The van der Waals surface area contributed by atoms with Gasteiger partial charge in [-0.3, -0.25) is 9.48 Å². The van der Waals surface area contributed by atoms with Gasteiger partial charge in [-0.25, -0.2) is 0 Å². The van der Waals surface area contributed by atoms with Crippen molar-refractivity contribution in [2.45, 2.75) is 38.9 Å². The fraction of sp³-hybridized carbons (Fsp3) is 0.500. The standard InChI is InChI=1S/C20H27N3O3/c1-15-12-23(13-16(2)26-15)20(24)5-4-10-25-19-8-6-17(7-9-19)18-11-21-22(3)14-18/h6-9,11,14-16H,4-5,10,12-13H2,1-3H3/t15-,16+. The number of hydrogen-bond donors (Lipinski definition) is 0. The van der Waals surface area contributed by atoms with Crippen molar-refractivity contribution in [2.24, 2.45) is 7.05 Å². The summed E-state index contributed by atoms with van der Waals surface area (Å²) in [6.07, 6.45) is 5.26. The molecule has 0 aliphatic carbocycles. The average molecular weight is 357 g/mol. The Kier molecular flexibility index (Phi) is 5.93. The summed E-state index contributed by atoms with van der Waals surface area (Å²) < 4.78 is 13.2. The number of amides is 1. The summed E-state index contributed by atoms with van der Waals surface area (Å²) in [6, 6.07) is 7.95. The molecule has 1 aliphatic rings. The topological polar surface area (TPSA) is 56.6 Å². The highest BCUT2D eigenvalue weighted by Gasteiger charge is 2.25.